The second kappa shape index (κ2) is 6.84. The molecule has 0 aliphatic rings. The third kappa shape index (κ3) is 4.73. The van der Waals surface area contributed by atoms with Gasteiger partial charge in [-0.25, -0.2) is 13.1 Å². The zero-order valence-corrected chi connectivity index (χ0v) is 11.9. The van der Waals surface area contributed by atoms with Gasteiger partial charge in [-0.3, -0.25) is 0 Å². The van der Waals surface area contributed by atoms with E-state index in [9.17, 15) is 8.42 Å². The molecule has 0 heterocycles. The number of hydrogen-bond acceptors (Lipinski definition) is 4. The van der Waals surface area contributed by atoms with Crippen LogP contribution in [0.25, 0.3) is 0 Å². The number of nitrogens with zero attached hydrogens (tertiary/aromatic N) is 1. The minimum absolute atomic E-state index is 0.307. The van der Waals surface area contributed by atoms with Crippen LogP contribution in [0.2, 0.25) is 0 Å². The van der Waals surface area contributed by atoms with Crippen LogP contribution < -0.4 is 10.0 Å². The zero-order valence-electron chi connectivity index (χ0n) is 11.1. The monoisotopic (exact) mass is 271 g/mol. The normalized spacial score (nSPS) is 12.0. The number of likely N-dealkylation sites (N-methyl/N-ethyl adjacent to an activating group) is 1. The number of hydrogen-bond donors (Lipinski definition) is 2. The fraction of sp³-hybridized carbons (Fsp3) is 0.500. The van der Waals surface area contributed by atoms with Gasteiger partial charge in [0.15, 0.2) is 0 Å². The summed E-state index contributed by atoms with van der Waals surface area (Å²) in [4.78, 5) is 2.24. The van der Waals surface area contributed by atoms with Gasteiger partial charge in [0.25, 0.3) is 0 Å². The van der Waals surface area contributed by atoms with Gasteiger partial charge in [-0.15, -0.1) is 0 Å². The Hall–Kier alpha value is -0.950. The van der Waals surface area contributed by atoms with E-state index < -0.39 is 10.0 Å². The molecule has 0 amide bonds. The maximum absolute atomic E-state index is 11.9. The Morgan fingerprint density at radius 1 is 1.17 bits per heavy atom. The van der Waals surface area contributed by atoms with Crippen LogP contribution in [-0.2, 0) is 16.6 Å². The van der Waals surface area contributed by atoms with E-state index in [1.807, 2.05) is 38.2 Å². The van der Waals surface area contributed by atoms with E-state index in [-0.39, 0.29) is 0 Å². The highest BCUT2D eigenvalue weighted by Crippen LogP contribution is 2.10. The first-order valence-electron chi connectivity index (χ1n) is 5.83. The van der Waals surface area contributed by atoms with Crippen LogP contribution >= 0.6 is 0 Å². The molecule has 0 atom stereocenters. The van der Waals surface area contributed by atoms with Gasteiger partial charge in [-0.05, 0) is 38.8 Å². The minimum Gasteiger partial charge on any atom is -0.316 e. The van der Waals surface area contributed by atoms with Gasteiger partial charge in [-0.2, -0.15) is 0 Å². The lowest BCUT2D eigenvalue weighted by Crippen LogP contribution is -2.31. The van der Waals surface area contributed by atoms with Gasteiger partial charge in [0.1, 0.15) is 0 Å². The molecule has 102 valence electrons. The maximum atomic E-state index is 11.9. The number of benzene rings is 1. The summed E-state index contributed by atoms with van der Waals surface area (Å²) in [6.07, 6.45) is 0. The molecule has 0 aromatic heterocycles. The van der Waals surface area contributed by atoms with Crippen molar-refractivity contribution in [2.45, 2.75) is 11.4 Å². The molecule has 0 saturated heterocycles. The molecule has 5 nitrogen and oxygen atoms in total. The largest absolute Gasteiger partial charge is 0.316 e. The van der Waals surface area contributed by atoms with Crippen LogP contribution in [0.3, 0.4) is 0 Å². The molecule has 1 aromatic rings. The molecule has 0 aliphatic carbocycles. The second-order valence-electron chi connectivity index (χ2n) is 4.38. The van der Waals surface area contributed by atoms with Crippen LogP contribution in [0.15, 0.2) is 29.2 Å². The molecule has 18 heavy (non-hydrogen) atoms. The van der Waals surface area contributed by atoms with E-state index in [1.54, 1.807) is 12.1 Å². The third-order valence-electron chi connectivity index (χ3n) is 2.47. The van der Waals surface area contributed by atoms with E-state index >= 15 is 0 Å². The Labute approximate surface area is 109 Å². The van der Waals surface area contributed by atoms with E-state index in [2.05, 4.69) is 10.0 Å². The zero-order chi connectivity index (χ0) is 13.6. The maximum Gasteiger partial charge on any atom is 0.240 e. The van der Waals surface area contributed by atoms with Crippen molar-refractivity contribution in [3.63, 3.8) is 0 Å². The van der Waals surface area contributed by atoms with Crippen LogP contribution in [0.1, 0.15) is 5.56 Å². The van der Waals surface area contributed by atoms with Gasteiger partial charge in [0.05, 0.1) is 4.90 Å². The summed E-state index contributed by atoms with van der Waals surface area (Å²) >= 11 is 0. The molecule has 6 heteroatoms. The lowest BCUT2D eigenvalue weighted by molar-refractivity contribution is 0.412. The molecule has 0 unspecified atom stereocenters. The highest BCUT2D eigenvalue weighted by atomic mass is 32.2. The van der Waals surface area contributed by atoms with Crippen molar-refractivity contribution < 1.29 is 8.42 Å². The molecule has 1 aromatic carbocycles. The SMILES string of the molecule is CNCc1ccc(S(=O)(=O)NCCN(C)C)cc1. The Morgan fingerprint density at radius 2 is 1.78 bits per heavy atom. The van der Waals surface area contributed by atoms with Crippen LogP contribution in [0.5, 0.6) is 0 Å². The predicted molar refractivity (Wildman–Crippen MR) is 72.9 cm³/mol. The fourth-order valence-electron chi connectivity index (χ4n) is 1.48. The van der Waals surface area contributed by atoms with Gasteiger partial charge < -0.3 is 10.2 Å². The molecule has 2 N–H and O–H groups in total. The summed E-state index contributed by atoms with van der Waals surface area (Å²) in [6.45, 7) is 1.82. The molecular formula is C12H21N3O2S. The summed E-state index contributed by atoms with van der Waals surface area (Å²) < 4.78 is 26.4. The average molecular weight is 271 g/mol. The molecule has 0 saturated carbocycles. The summed E-state index contributed by atoms with van der Waals surface area (Å²) in [7, 11) is 2.28. The smallest absolute Gasteiger partial charge is 0.240 e. The van der Waals surface area contributed by atoms with Crippen molar-refractivity contribution in [2.24, 2.45) is 0 Å². The van der Waals surface area contributed by atoms with Crippen molar-refractivity contribution in [2.75, 3.05) is 34.2 Å². The van der Waals surface area contributed by atoms with Gasteiger partial charge in [-0.1, -0.05) is 12.1 Å². The molecule has 0 aliphatic heterocycles. The predicted octanol–water partition coefficient (Wildman–Crippen LogP) is 0.246. The van der Waals surface area contributed by atoms with Crippen LogP contribution in [0, 0.1) is 0 Å². The van der Waals surface area contributed by atoms with E-state index in [0.717, 1.165) is 12.1 Å². The molecule has 1 rings (SSSR count). The van der Waals surface area contributed by atoms with Crippen molar-refractivity contribution >= 4 is 10.0 Å². The molecule has 0 radical (unpaired) electrons. The van der Waals surface area contributed by atoms with Gasteiger partial charge in [0.2, 0.25) is 10.0 Å². The van der Waals surface area contributed by atoms with E-state index in [4.69, 9.17) is 0 Å². The molecule has 0 spiro atoms. The third-order valence-corrected chi connectivity index (χ3v) is 3.94. The Bertz CT molecular complexity index is 455. The van der Waals surface area contributed by atoms with Gasteiger partial charge >= 0.3 is 0 Å². The number of sulfonamides is 1. The summed E-state index contributed by atoms with van der Waals surface area (Å²) in [5.41, 5.74) is 1.06. The van der Waals surface area contributed by atoms with Crippen molar-refractivity contribution in [3.8, 4) is 0 Å². The number of nitrogens with one attached hydrogen (secondary N) is 2. The van der Waals surface area contributed by atoms with Crippen molar-refractivity contribution in [3.05, 3.63) is 29.8 Å². The van der Waals surface area contributed by atoms with Crippen molar-refractivity contribution in [1.82, 2.24) is 14.9 Å². The summed E-state index contributed by atoms with van der Waals surface area (Å²) in [6, 6.07) is 6.89. The minimum atomic E-state index is -3.38. The lowest BCUT2D eigenvalue weighted by Gasteiger charge is -2.11. The average Bonchev–Trinajstić information content (AvgIpc) is 2.29. The second-order valence-corrected chi connectivity index (χ2v) is 6.14. The summed E-state index contributed by atoms with van der Waals surface area (Å²) in [5, 5.41) is 3.02. The van der Waals surface area contributed by atoms with Gasteiger partial charge in [0, 0.05) is 19.6 Å². The number of rotatable bonds is 7. The molecule has 0 bridgehead atoms. The summed E-state index contributed by atoms with van der Waals surface area (Å²) in [5.74, 6) is 0. The molecule has 0 fully saturated rings. The standard InChI is InChI=1S/C12H21N3O2S/c1-13-10-11-4-6-12(7-5-11)18(16,17)14-8-9-15(2)3/h4-7,13-14H,8-10H2,1-3H3. The van der Waals surface area contributed by atoms with E-state index in [1.165, 1.54) is 0 Å². The van der Waals surface area contributed by atoms with Crippen LogP contribution in [-0.4, -0.2) is 47.6 Å². The Balaban J connectivity index is 2.67. The first-order valence-corrected chi connectivity index (χ1v) is 7.32. The first kappa shape index (κ1) is 15.1. The Kier molecular flexibility index (Phi) is 5.74. The fourth-order valence-corrected chi connectivity index (χ4v) is 2.50. The van der Waals surface area contributed by atoms with Crippen LogP contribution in [0.4, 0.5) is 0 Å². The molecular weight excluding hydrogens is 250 g/mol. The lowest BCUT2D eigenvalue weighted by atomic mass is 10.2. The van der Waals surface area contributed by atoms with Crippen molar-refractivity contribution in [1.29, 1.82) is 0 Å². The Morgan fingerprint density at radius 3 is 2.28 bits per heavy atom. The quantitative estimate of drug-likeness (QED) is 0.746. The highest BCUT2D eigenvalue weighted by molar-refractivity contribution is 7.89. The van der Waals surface area contributed by atoms with E-state index in [0.29, 0.717) is 18.0 Å². The topological polar surface area (TPSA) is 61.4 Å². The highest BCUT2D eigenvalue weighted by Gasteiger charge is 2.12. The first-order chi connectivity index (χ1) is 8.45.